The molecule has 0 bridgehead atoms. The summed E-state index contributed by atoms with van der Waals surface area (Å²) in [6, 6.07) is 8.88. The molecule has 0 saturated carbocycles. The summed E-state index contributed by atoms with van der Waals surface area (Å²) < 4.78 is 13.0. The van der Waals surface area contributed by atoms with E-state index in [0.29, 0.717) is 5.92 Å². The first-order valence-electron chi connectivity index (χ1n) is 6.28. The van der Waals surface area contributed by atoms with E-state index in [0.717, 1.165) is 17.1 Å². The van der Waals surface area contributed by atoms with Crippen molar-refractivity contribution in [2.45, 2.75) is 26.4 Å². The Labute approximate surface area is 122 Å². The Morgan fingerprint density at radius 1 is 1.26 bits per heavy atom. The number of benzene rings is 1. The first-order chi connectivity index (χ1) is 9.06. The van der Waals surface area contributed by atoms with Gasteiger partial charge in [0.2, 0.25) is 0 Å². The molecule has 0 amide bonds. The molecule has 0 aliphatic rings. The molecular formula is C15H17ClFNS. The second-order valence-electron chi connectivity index (χ2n) is 4.89. The van der Waals surface area contributed by atoms with E-state index in [1.165, 1.54) is 17.0 Å². The number of hydrogen-bond acceptors (Lipinski definition) is 2. The molecule has 2 aromatic rings. The van der Waals surface area contributed by atoms with Crippen LogP contribution in [0.1, 0.15) is 30.3 Å². The highest BCUT2D eigenvalue weighted by Crippen LogP contribution is 2.24. The first-order valence-corrected chi connectivity index (χ1v) is 7.54. The van der Waals surface area contributed by atoms with Crippen molar-refractivity contribution in [1.82, 2.24) is 5.32 Å². The summed E-state index contributed by atoms with van der Waals surface area (Å²) >= 11 is 7.56. The summed E-state index contributed by atoms with van der Waals surface area (Å²) in [5.41, 5.74) is 1.11. The quantitative estimate of drug-likeness (QED) is 0.816. The third kappa shape index (κ3) is 4.03. The highest BCUT2D eigenvalue weighted by molar-refractivity contribution is 7.10. The molecule has 1 aromatic heterocycles. The summed E-state index contributed by atoms with van der Waals surface area (Å²) in [7, 11) is 0. The van der Waals surface area contributed by atoms with Crippen LogP contribution in [-0.2, 0) is 6.54 Å². The first kappa shape index (κ1) is 14.5. The molecule has 1 N–H and O–H groups in total. The molecule has 0 aliphatic heterocycles. The van der Waals surface area contributed by atoms with Gasteiger partial charge in [0.05, 0.1) is 5.02 Å². The van der Waals surface area contributed by atoms with Gasteiger partial charge in [0.25, 0.3) is 0 Å². The predicted molar refractivity (Wildman–Crippen MR) is 80.1 cm³/mol. The van der Waals surface area contributed by atoms with E-state index in [9.17, 15) is 4.39 Å². The minimum atomic E-state index is -0.198. The van der Waals surface area contributed by atoms with Crippen molar-refractivity contribution < 1.29 is 4.39 Å². The van der Waals surface area contributed by atoms with Crippen molar-refractivity contribution in [3.63, 3.8) is 0 Å². The molecule has 1 heterocycles. The van der Waals surface area contributed by atoms with Gasteiger partial charge in [-0.2, -0.15) is 0 Å². The minimum Gasteiger partial charge on any atom is -0.305 e. The van der Waals surface area contributed by atoms with Gasteiger partial charge in [-0.05, 0) is 29.7 Å². The second-order valence-corrected chi connectivity index (χ2v) is 6.32. The van der Waals surface area contributed by atoms with Crippen molar-refractivity contribution in [2.24, 2.45) is 5.92 Å². The molecule has 1 aromatic carbocycles. The Hall–Kier alpha value is -0.900. The fourth-order valence-corrected chi connectivity index (χ4v) is 3.09. The van der Waals surface area contributed by atoms with Crippen LogP contribution in [-0.4, -0.2) is 0 Å². The third-order valence-corrected chi connectivity index (χ3v) is 4.30. The molecule has 4 heteroatoms. The molecule has 0 fully saturated rings. The highest BCUT2D eigenvalue weighted by atomic mass is 35.5. The molecule has 0 saturated heterocycles. The fourth-order valence-electron chi connectivity index (χ4n) is 2.07. The Bertz CT molecular complexity index is 521. The van der Waals surface area contributed by atoms with Gasteiger partial charge in [-0.25, -0.2) is 4.39 Å². The fraction of sp³-hybridized carbons (Fsp3) is 0.333. The van der Waals surface area contributed by atoms with E-state index in [1.807, 2.05) is 23.6 Å². The van der Waals surface area contributed by atoms with Gasteiger partial charge in [0.15, 0.2) is 0 Å². The highest BCUT2D eigenvalue weighted by Gasteiger charge is 2.15. The average molecular weight is 298 g/mol. The van der Waals surface area contributed by atoms with E-state index in [2.05, 4.69) is 19.2 Å². The minimum absolute atomic E-state index is 0.198. The van der Waals surface area contributed by atoms with Crippen LogP contribution in [0.5, 0.6) is 0 Å². The topological polar surface area (TPSA) is 12.0 Å². The molecule has 19 heavy (non-hydrogen) atoms. The molecule has 1 atom stereocenters. The molecule has 0 spiro atoms. The monoisotopic (exact) mass is 297 g/mol. The van der Waals surface area contributed by atoms with Gasteiger partial charge < -0.3 is 5.32 Å². The maximum Gasteiger partial charge on any atom is 0.123 e. The van der Waals surface area contributed by atoms with Crippen LogP contribution < -0.4 is 5.32 Å². The number of thiophene rings is 1. The van der Waals surface area contributed by atoms with Gasteiger partial charge >= 0.3 is 0 Å². The van der Waals surface area contributed by atoms with Crippen LogP contribution in [0.3, 0.4) is 0 Å². The molecule has 1 nitrogen and oxygen atoms in total. The van der Waals surface area contributed by atoms with E-state index in [1.54, 1.807) is 11.3 Å². The maximum absolute atomic E-state index is 13.0. The average Bonchev–Trinajstić information content (AvgIpc) is 2.77. The van der Waals surface area contributed by atoms with Crippen molar-refractivity contribution in [3.8, 4) is 0 Å². The summed E-state index contributed by atoms with van der Waals surface area (Å²) in [4.78, 5) is 1.21. The van der Waals surface area contributed by atoms with E-state index < -0.39 is 0 Å². The van der Waals surface area contributed by atoms with Crippen LogP contribution >= 0.6 is 22.9 Å². The summed E-state index contributed by atoms with van der Waals surface area (Å²) in [5.74, 6) is 0.234. The Kier molecular flexibility index (Phi) is 4.97. The molecular weight excluding hydrogens is 281 g/mol. The van der Waals surface area contributed by atoms with E-state index in [-0.39, 0.29) is 11.9 Å². The molecule has 102 valence electrons. The SMILES string of the molecule is CC(C)C(NCc1cc(Cl)cs1)c1ccc(F)cc1. The summed E-state index contributed by atoms with van der Waals surface area (Å²) in [6.07, 6.45) is 0. The van der Waals surface area contributed by atoms with Crippen LogP contribution in [0, 0.1) is 11.7 Å². The zero-order valence-electron chi connectivity index (χ0n) is 11.0. The Morgan fingerprint density at radius 3 is 2.47 bits per heavy atom. The van der Waals surface area contributed by atoms with Crippen molar-refractivity contribution in [2.75, 3.05) is 0 Å². The van der Waals surface area contributed by atoms with Gasteiger partial charge in [-0.1, -0.05) is 37.6 Å². The molecule has 1 unspecified atom stereocenters. The maximum atomic E-state index is 13.0. The zero-order chi connectivity index (χ0) is 13.8. The standard InChI is InChI=1S/C15H17ClFNS/c1-10(2)15(11-3-5-13(17)6-4-11)18-8-14-7-12(16)9-19-14/h3-7,9-10,15,18H,8H2,1-2H3. The summed E-state index contributed by atoms with van der Waals surface area (Å²) in [6.45, 7) is 5.09. The van der Waals surface area contributed by atoms with Crippen LogP contribution in [0.2, 0.25) is 5.02 Å². The van der Waals surface area contributed by atoms with Gasteiger partial charge in [-0.3, -0.25) is 0 Å². The lowest BCUT2D eigenvalue weighted by molar-refractivity contribution is 0.411. The lowest BCUT2D eigenvalue weighted by Gasteiger charge is -2.22. The van der Waals surface area contributed by atoms with Crippen LogP contribution in [0.4, 0.5) is 4.39 Å². The number of halogens is 2. The van der Waals surface area contributed by atoms with E-state index in [4.69, 9.17) is 11.6 Å². The number of hydrogen-bond donors (Lipinski definition) is 1. The van der Waals surface area contributed by atoms with E-state index >= 15 is 0 Å². The zero-order valence-corrected chi connectivity index (χ0v) is 12.6. The predicted octanol–water partition coefficient (Wildman–Crippen LogP) is 5.03. The number of rotatable bonds is 5. The van der Waals surface area contributed by atoms with Crippen molar-refractivity contribution in [3.05, 3.63) is 57.0 Å². The normalized spacial score (nSPS) is 12.9. The Morgan fingerprint density at radius 2 is 1.95 bits per heavy atom. The second kappa shape index (κ2) is 6.51. The lowest BCUT2D eigenvalue weighted by Crippen LogP contribution is -2.25. The molecule has 0 radical (unpaired) electrons. The van der Waals surface area contributed by atoms with Crippen LogP contribution in [0.15, 0.2) is 35.7 Å². The number of nitrogens with one attached hydrogen (secondary N) is 1. The van der Waals surface area contributed by atoms with Gasteiger partial charge in [0, 0.05) is 22.8 Å². The largest absolute Gasteiger partial charge is 0.305 e. The van der Waals surface area contributed by atoms with Crippen molar-refractivity contribution >= 4 is 22.9 Å². The van der Waals surface area contributed by atoms with Gasteiger partial charge in [0.1, 0.15) is 5.82 Å². The third-order valence-electron chi connectivity index (χ3n) is 3.01. The Balaban J connectivity index is 2.06. The van der Waals surface area contributed by atoms with Crippen LogP contribution in [0.25, 0.3) is 0 Å². The molecule has 2 rings (SSSR count). The smallest absolute Gasteiger partial charge is 0.123 e. The lowest BCUT2D eigenvalue weighted by atomic mass is 9.96. The van der Waals surface area contributed by atoms with Crippen molar-refractivity contribution in [1.29, 1.82) is 0 Å². The summed E-state index contributed by atoms with van der Waals surface area (Å²) in [5, 5.41) is 6.23. The molecule has 0 aliphatic carbocycles. The van der Waals surface area contributed by atoms with Gasteiger partial charge in [-0.15, -0.1) is 11.3 Å².